The van der Waals surface area contributed by atoms with E-state index in [1.165, 1.54) is 52.2 Å². The molecule has 0 fully saturated rings. The quantitative estimate of drug-likeness (QED) is 0.0722. The van der Waals surface area contributed by atoms with Crippen LogP contribution in [0.5, 0.6) is 0 Å². The summed E-state index contributed by atoms with van der Waals surface area (Å²) in [5.41, 5.74) is 23.6. The third-order valence-corrected chi connectivity index (χ3v) is 19.2. The number of hydrogen-bond donors (Lipinski definition) is 1. The van der Waals surface area contributed by atoms with Gasteiger partial charge in [-0.2, -0.15) is 0 Å². The van der Waals surface area contributed by atoms with Gasteiger partial charge in [-0.05, 0) is 142 Å². The van der Waals surface area contributed by atoms with Crippen LogP contribution in [0, 0.1) is 93.7 Å². The van der Waals surface area contributed by atoms with Crippen molar-refractivity contribution in [2.75, 3.05) is 0 Å². The van der Waals surface area contributed by atoms with Gasteiger partial charge in [0.2, 0.25) is 0 Å². The van der Waals surface area contributed by atoms with Crippen molar-refractivity contribution in [1.29, 1.82) is 0 Å². The van der Waals surface area contributed by atoms with Crippen molar-refractivity contribution in [2.45, 2.75) is 76.2 Å². The Morgan fingerprint density at radius 2 is 0.672 bits per heavy atom. The zero-order valence-corrected chi connectivity index (χ0v) is 83.7. The van der Waals surface area contributed by atoms with E-state index in [1.54, 1.807) is 55.0 Å². The summed E-state index contributed by atoms with van der Waals surface area (Å²) in [5, 5.41) is 9.56. The maximum Gasteiger partial charge on any atom is 0.164 e. The Morgan fingerprint density at radius 3 is 1.05 bits per heavy atom. The molecule has 131 heavy (non-hydrogen) atoms. The molecule has 0 atom stereocenters. The number of aryl methyl sites for hydroxylation is 5. The molecule has 1 N–H and O–H groups in total. The average molecular weight is 2440 g/mol. The molecule has 0 aliphatic heterocycles. The van der Waals surface area contributed by atoms with Crippen LogP contribution in [0.3, 0.4) is 0 Å². The van der Waals surface area contributed by atoms with E-state index in [-0.39, 0.29) is 163 Å². The van der Waals surface area contributed by atoms with E-state index in [2.05, 4.69) is 128 Å². The number of carbonyl (C=O) groups excluding carboxylic acids is 1. The molecule has 0 aliphatic carbocycles. The summed E-state index contributed by atoms with van der Waals surface area (Å²) in [6.45, 7) is 21.2. The minimum atomic E-state index is -0.417. The minimum Gasteiger partial charge on any atom is -0.512 e. The average Bonchev–Trinajstić information content (AvgIpc) is 0.774. The van der Waals surface area contributed by atoms with Gasteiger partial charge in [0, 0.05) is 157 Å². The molecule has 0 saturated heterocycles. The summed E-state index contributed by atoms with van der Waals surface area (Å²) in [6, 6.07) is 113. The normalized spacial score (nSPS) is 11.4. The van der Waals surface area contributed by atoms with Gasteiger partial charge in [-0.15, -0.1) is 251 Å². The number of aliphatic hydroxyl groups excluding tert-OH is 1. The molecule has 7 aromatic heterocycles. The van der Waals surface area contributed by atoms with E-state index < -0.39 is 17.5 Å². The number of halogens is 1. The van der Waals surface area contributed by atoms with Gasteiger partial charge in [0.1, 0.15) is 11.6 Å². The predicted molar refractivity (Wildman–Crippen MR) is 520 cm³/mol. The van der Waals surface area contributed by atoms with Crippen LogP contribution in [0.1, 0.15) is 83.1 Å². The van der Waals surface area contributed by atoms with Crippen molar-refractivity contribution in [3.05, 3.63) is 489 Å². The molecule has 0 unspecified atom stereocenters. The van der Waals surface area contributed by atoms with Crippen molar-refractivity contribution >= 4 is 5.78 Å². The summed E-state index contributed by atoms with van der Waals surface area (Å²) >= 11 is 0. The Morgan fingerprint density at radius 1 is 0.313 bits per heavy atom. The van der Waals surface area contributed by atoms with Crippen LogP contribution < -0.4 is 0 Å². The maximum atomic E-state index is 13.0. The van der Waals surface area contributed by atoms with Crippen LogP contribution in [0.25, 0.3) is 123 Å². The van der Waals surface area contributed by atoms with Crippen LogP contribution in [0.4, 0.5) is 4.39 Å². The second kappa shape index (κ2) is 54.6. The Hall–Kier alpha value is -12.8. The van der Waals surface area contributed by atoms with Gasteiger partial charge >= 0.3 is 0 Å². The fraction of sp³-hybridized carbons (Fsp3) is 0.111. The number of rotatable bonds is 12. The van der Waals surface area contributed by atoms with Crippen LogP contribution in [0.15, 0.2) is 413 Å². The predicted octanol–water partition coefficient (Wildman–Crippen LogP) is 29.3. The van der Waals surface area contributed by atoms with Gasteiger partial charge in [-0.3, -0.25) is 4.79 Å². The molecule has 0 saturated carbocycles. The van der Waals surface area contributed by atoms with Crippen LogP contribution in [-0.2, 0) is 85.2 Å². The molecular weight excluding hydrogens is 2320 g/mol. The largest absolute Gasteiger partial charge is 0.512 e. The van der Waals surface area contributed by atoms with Crippen molar-refractivity contribution in [3.63, 3.8) is 0 Å². The molecule has 0 bridgehead atoms. The van der Waals surface area contributed by atoms with Crippen LogP contribution >= 0.6 is 0 Å². The Labute approximate surface area is 841 Å². The van der Waals surface area contributed by atoms with Crippen molar-refractivity contribution in [3.8, 4) is 123 Å². The first-order valence-electron chi connectivity index (χ1n) is 46.1. The van der Waals surface area contributed by atoms with E-state index in [0.29, 0.717) is 16.8 Å². The molecule has 9 nitrogen and oxygen atoms in total. The monoisotopic (exact) mass is 2440 g/mol. The van der Waals surface area contributed by atoms with Gasteiger partial charge in [0.05, 0.1) is 13.7 Å². The van der Waals surface area contributed by atoms with Crippen molar-refractivity contribution < 1.29 is 108 Å². The smallest absolute Gasteiger partial charge is 0.164 e. The topological polar surface area (TPSA) is 128 Å². The van der Waals surface area contributed by atoms with Gasteiger partial charge in [-0.25, -0.2) is 4.39 Å². The van der Waals surface area contributed by atoms with Crippen molar-refractivity contribution in [2.24, 2.45) is 10.8 Å². The number of aromatic nitrogens is 7. The Bertz CT molecular complexity index is 6870. The summed E-state index contributed by atoms with van der Waals surface area (Å²) in [7, 11) is 0. The first kappa shape index (κ1) is 90.2. The molecule has 11 aromatic carbocycles. The number of nitrogens with zero attached hydrogens (tertiary/aromatic N) is 7. The van der Waals surface area contributed by atoms with E-state index in [0.717, 1.165) is 95.4 Å². The van der Waals surface area contributed by atoms with Gasteiger partial charge < -0.3 is 40.0 Å². The number of aliphatic hydroxyl groups is 1. The molecule has 4 radical (unpaired) electrons. The molecule has 7 heterocycles. The number of benzene rings is 11. The molecule has 18 rings (SSSR count). The fourth-order valence-electron chi connectivity index (χ4n) is 12.2. The second-order valence-electron chi connectivity index (χ2n) is 30.8. The fourth-order valence-corrected chi connectivity index (χ4v) is 12.2. The molecule has 14 heteroatoms. The van der Waals surface area contributed by atoms with Gasteiger partial charge in [0.15, 0.2) is 5.78 Å². The standard InChI is InChI=1S/C18H13FN.2C18H14N.C17H12N.2C12H10N.C11H8N.C11H20O2.4Ir/c1-13-11-18(15-5-3-2-4-6-15)20-12-17(13)14-7-9-16(19)10-8-14;2*1-14-12-18(16-10-6-3-7-11-16)19-13-17(14)15-8-4-2-5-9-15;1-3-7-14(8-4-1)16-11-12-17(18-13-16)15-9-5-2-6-10-15;1-10-6-2-3-7-11(10)12-8-4-5-9-13-12;1-10-6-5-9-13-12(10)11-7-3-2-4-8-11;1-2-6-10(7-3-1)11-8-4-5-9-12-11;1-10(2,3)8(12)7-9(13)11(4,5)6;;;;/h2-5,7-12H,1H3;2*2-10,12-13H,1H3;1-9,11-13H;2-6,8-9H,1H3;2-7,9H,1H3;1-6,8-9H;7,12H,1-6H3;;;;/q7*-1;;;;;/i;2D,4D,5D,8D,9D;;1D,3D,4D,7D,8D;;;;;;;;. The van der Waals surface area contributed by atoms with Gasteiger partial charge in [0.25, 0.3) is 0 Å². The molecule has 0 amide bonds. The van der Waals surface area contributed by atoms with Gasteiger partial charge in [-0.1, -0.05) is 218 Å². The summed E-state index contributed by atoms with van der Waals surface area (Å²) < 4.78 is 91.5. The molecule has 18 aromatic rings. The van der Waals surface area contributed by atoms with Crippen molar-refractivity contribution in [1.82, 2.24) is 34.9 Å². The second-order valence-corrected chi connectivity index (χ2v) is 30.8. The summed E-state index contributed by atoms with van der Waals surface area (Å²) in [5.74, 6) is -0.123. The molecule has 0 spiro atoms. The zero-order valence-electron chi connectivity index (χ0n) is 84.1. The minimum absolute atomic E-state index is 0. The Balaban J connectivity index is 0.000000221. The summed E-state index contributed by atoms with van der Waals surface area (Å²) in [6.07, 6.45) is 13.6. The first-order valence-corrected chi connectivity index (χ1v) is 41.1. The SMILES string of the molecule is CC(C)(C)C(=O)C=C(O)C(C)(C)C.Cc1cc(-c2[c-]cccc2)ncc1-c1ccc(F)cc1.Cc1cc(-c2[c-]cccc2)ncc1-c1ccccc1.Cc1ccc[c-]c1-c1ccccn1.Cc1cccnc1-c1[c-]cccc1.[2H]c1c([2H])c([2H])c(-c2ccc(-c3[c-]cccc3)nc2)c([2H])c1[2H].[2H]c1c([2H])c([2H])c(-c2cnc(-c3[c-]cccc3)cc2C)c([2H])c1[2H].[Ir].[Ir].[Ir].[Ir].[c-]1ccccc1-c1ccccn1. The summed E-state index contributed by atoms with van der Waals surface area (Å²) in [4.78, 5) is 42.0. The molecule has 0 aliphatic rings. The van der Waals surface area contributed by atoms with Crippen LogP contribution in [0.2, 0.25) is 0 Å². The third kappa shape index (κ3) is 33.3. The third-order valence-electron chi connectivity index (χ3n) is 19.2. The molecule has 666 valence electrons. The molecular formula is C117H101FIr4N7O2-7. The Kier molecular flexibility index (Phi) is 37.6. The van der Waals surface area contributed by atoms with Crippen LogP contribution in [-0.4, -0.2) is 45.8 Å². The maximum absolute atomic E-state index is 13.0. The first-order chi connectivity index (χ1) is 65.8. The van der Waals surface area contributed by atoms with E-state index >= 15 is 0 Å². The number of pyridine rings is 7. The van der Waals surface area contributed by atoms with E-state index in [1.807, 2.05) is 292 Å². The number of allylic oxidation sites excluding steroid dienone is 2. The zero-order chi connectivity index (χ0) is 98.3. The number of hydrogen-bond acceptors (Lipinski definition) is 9. The van der Waals surface area contributed by atoms with E-state index in [4.69, 9.17) is 13.7 Å². The number of ketones is 1. The van der Waals surface area contributed by atoms with E-state index in [9.17, 15) is 14.3 Å². The number of carbonyl (C=O) groups is 1.